The maximum atomic E-state index is 10.1. The van der Waals surface area contributed by atoms with Gasteiger partial charge in [-0.1, -0.05) is 5.18 Å². The van der Waals surface area contributed by atoms with Crippen molar-refractivity contribution in [3.8, 4) is 0 Å². The number of nitrogens with one attached hydrogen (secondary N) is 1. The molecular formula is C8H16N2O3. The molecule has 0 rings (SSSR count). The molecule has 5 nitrogen and oxygen atoms in total. The van der Waals surface area contributed by atoms with E-state index >= 15 is 0 Å². The van der Waals surface area contributed by atoms with Gasteiger partial charge in [0.1, 0.15) is 0 Å². The van der Waals surface area contributed by atoms with E-state index in [1.54, 1.807) is 0 Å². The third kappa shape index (κ3) is 11.0. The van der Waals surface area contributed by atoms with Crippen LogP contribution in [-0.2, 0) is 4.79 Å². The second-order valence-electron chi connectivity index (χ2n) is 2.81. The van der Waals surface area contributed by atoms with E-state index < -0.39 is 5.97 Å². The largest absolute Gasteiger partial charge is 0.481 e. The molecule has 5 heteroatoms. The lowest BCUT2D eigenvalue weighted by atomic mass is 10.3. The van der Waals surface area contributed by atoms with Gasteiger partial charge in [0.2, 0.25) is 0 Å². The Hall–Kier alpha value is -0.970. The SMILES string of the molecule is O=NCCCCNCCCC(=O)O. The Labute approximate surface area is 77.5 Å². The van der Waals surface area contributed by atoms with E-state index in [2.05, 4.69) is 10.5 Å². The molecule has 0 atom stereocenters. The number of rotatable bonds is 9. The molecule has 0 aromatic heterocycles. The van der Waals surface area contributed by atoms with Crippen molar-refractivity contribution in [2.45, 2.75) is 25.7 Å². The Balaban J connectivity index is 2.91. The monoisotopic (exact) mass is 188 g/mol. The average Bonchev–Trinajstić information content (AvgIpc) is 2.09. The Morgan fingerprint density at radius 2 is 1.92 bits per heavy atom. The molecule has 0 bridgehead atoms. The second kappa shape index (κ2) is 9.12. The molecule has 0 aliphatic rings. The fraction of sp³-hybridized carbons (Fsp3) is 0.875. The van der Waals surface area contributed by atoms with Crippen LogP contribution in [0.4, 0.5) is 0 Å². The highest BCUT2D eigenvalue weighted by Gasteiger charge is 1.95. The van der Waals surface area contributed by atoms with Crippen LogP contribution >= 0.6 is 0 Å². The van der Waals surface area contributed by atoms with E-state index in [0.717, 1.165) is 25.9 Å². The van der Waals surface area contributed by atoms with Crippen molar-refractivity contribution in [2.24, 2.45) is 5.18 Å². The highest BCUT2D eigenvalue weighted by molar-refractivity contribution is 5.66. The smallest absolute Gasteiger partial charge is 0.303 e. The summed E-state index contributed by atoms with van der Waals surface area (Å²) in [4.78, 5) is 19.8. The molecule has 0 aliphatic heterocycles. The van der Waals surface area contributed by atoms with Crippen LogP contribution in [0.25, 0.3) is 0 Å². The summed E-state index contributed by atoms with van der Waals surface area (Å²) in [5.41, 5.74) is 0. The summed E-state index contributed by atoms with van der Waals surface area (Å²) in [5, 5.41) is 14.1. The summed E-state index contributed by atoms with van der Waals surface area (Å²) >= 11 is 0. The summed E-state index contributed by atoms with van der Waals surface area (Å²) in [7, 11) is 0. The summed E-state index contributed by atoms with van der Waals surface area (Å²) in [6, 6.07) is 0. The molecule has 0 aromatic rings. The Morgan fingerprint density at radius 3 is 2.54 bits per heavy atom. The van der Waals surface area contributed by atoms with Gasteiger partial charge in [0, 0.05) is 6.42 Å². The lowest BCUT2D eigenvalue weighted by Gasteiger charge is -2.01. The minimum atomic E-state index is -0.757. The second-order valence-corrected chi connectivity index (χ2v) is 2.81. The summed E-state index contributed by atoms with van der Waals surface area (Å²) in [6.07, 6.45) is 2.58. The molecule has 0 spiro atoms. The van der Waals surface area contributed by atoms with Crippen molar-refractivity contribution in [1.82, 2.24) is 5.32 Å². The molecule has 0 amide bonds. The van der Waals surface area contributed by atoms with Crippen LogP contribution in [0.5, 0.6) is 0 Å². The van der Waals surface area contributed by atoms with E-state index in [1.165, 1.54) is 0 Å². The number of carboxylic acids is 1. The standard InChI is InChI=1S/C8H16N2O3/c11-8(12)4-3-6-9-5-1-2-7-10-13/h9H,1-7H2,(H,11,12). The van der Waals surface area contributed by atoms with Gasteiger partial charge >= 0.3 is 5.97 Å². The number of hydrogen-bond acceptors (Lipinski definition) is 4. The number of hydrogen-bond donors (Lipinski definition) is 2. The molecule has 0 fully saturated rings. The minimum Gasteiger partial charge on any atom is -0.481 e. The third-order valence-electron chi connectivity index (χ3n) is 1.60. The first-order chi connectivity index (χ1) is 6.27. The molecule has 0 heterocycles. The van der Waals surface area contributed by atoms with E-state index in [9.17, 15) is 9.70 Å². The molecule has 13 heavy (non-hydrogen) atoms. The lowest BCUT2D eigenvalue weighted by Crippen LogP contribution is -2.17. The van der Waals surface area contributed by atoms with E-state index in [0.29, 0.717) is 13.0 Å². The number of nitrogens with zero attached hydrogens (tertiary/aromatic N) is 1. The third-order valence-corrected chi connectivity index (χ3v) is 1.60. The first kappa shape index (κ1) is 12.0. The van der Waals surface area contributed by atoms with Crippen LogP contribution < -0.4 is 5.32 Å². The zero-order chi connectivity index (χ0) is 9.94. The van der Waals surface area contributed by atoms with Gasteiger partial charge in [-0.2, -0.15) is 4.91 Å². The molecule has 0 saturated heterocycles. The fourth-order valence-electron chi connectivity index (χ4n) is 0.916. The van der Waals surface area contributed by atoms with E-state index in [4.69, 9.17) is 5.11 Å². The fourth-order valence-corrected chi connectivity index (χ4v) is 0.916. The van der Waals surface area contributed by atoms with E-state index in [-0.39, 0.29) is 6.42 Å². The van der Waals surface area contributed by atoms with Crippen LogP contribution in [0.1, 0.15) is 25.7 Å². The number of nitroso groups, excluding NO2 is 1. The molecular weight excluding hydrogens is 172 g/mol. The van der Waals surface area contributed by atoms with Gasteiger partial charge in [-0.15, -0.1) is 0 Å². The first-order valence-electron chi connectivity index (χ1n) is 4.49. The molecule has 0 unspecified atom stereocenters. The number of unbranched alkanes of at least 4 members (excludes halogenated alkanes) is 1. The van der Waals surface area contributed by atoms with E-state index in [1.807, 2.05) is 0 Å². The number of carboxylic acid groups (broad SMARTS) is 1. The normalized spacial score (nSPS) is 9.85. The Kier molecular flexibility index (Phi) is 8.44. The molecule has 0 aliphatic carbocycles. The zero-order valence-electron chi connectivity index (χ0n) is 7.66. The summed E-state index contributed by atoms with van der Waals surface area (Å²) < 4.78 is 0. The van der Waals surface area contributed by atoms with Gasteiger partial charge in [-0.05, 0) is 32.4 Å². The maximum Gasteiger partial charge on any atom is 0.303 e. The van der Waals surface area contributed by atoms with Crippen LogP contribution in [0.15, 0.2) is 5.18 Å². The summed E-state index contributed by atoms with van der Waals surface area (Å²) in [6.45, 7) is 1.92. The minimum absolute atomic E-state index is 0.211. The number of carbonyl (C=O) groups is 1. The van der Waals surface area contributed by atoms with Crippen molar-refractivity contribution in [2.75, 3.05) is 19.6 Å². The first-order valence-corrected chi connectivity index (χ1v) is 4.49. The average molecular weight is 188 g/mol. The lowest BCUT2D eigenvalue weighted by molar-refractivity contribution is -0.137. The van der Waals surface area contributed by atoms with Crippen LogP contribution in [-0.4, -0.2) is 30.7 Å². The Bertz CT molecular complexity index is 150. The van der Waals surface area contributed by atoms with Gasteiger partial charge in [-0.3, -0.25) is 4.79 Å². The highest BCUT2D eigenvalue weighted by Crippen LogP contribution is 1.89. The number of aliphatic carboxylic acids is 1. The molecule has 0 saturated carbocycles. The van der Waals surface area contributed by atoms with Crippen molar-refractivity contribution >= 4 is 5.97 Å². The van der Waals surface area contributed by atoms with Gasteiger partial charge < -0.3 is 10.4 Å². The van der Waals surface area contributed by atoms with Crippen LogP contribution in [0, 0.1) is 4.91 Å². The van der Waals surface area contributed by atoms with Gasteiger partial charge in [-0.25, -0.2) is 0 Å². The van der Waals surface area contributed by atoms with Gasteiger partial charge in [0.05, 0.1) is 6.54 Å². The van der Waals surface area contributed by atoms with Gasteiger partial charge in [0.25, 0.3) is 0 Å². The van der Waals surface area contributed by atoms with Gasteiger partial charge in [0.15, 0.2) is 0 Å². The van der Waals surface area contributed by atoms with Crippen molar-refractivity contribution in [3.05, 3.63) is 4.91 Å². The molecule has 2 N–H and O–H groups in total. The van der Waals surface area contributed by atoms with Crippen LogP contribution in [0.3, 0.4) is 0 Å². The predicted molar refractivity (Wildman–Crippen MR) is 49.6 cm³/mol. The van der Waals surface area contributed by atoms with Crippen molar-refractivity contribution in [3.63, 3.8) is 0 Å². The Morgan fingerprint density at radius 1 is 1.23 bits per heavy atom. The molecule has 76 valence electrons. The molecule has 0 radical (unpaired) electrons. The quantitative estimate of drug-likeness (QED) is 0.417. The summed E-state index contributed by atoms with van der Waals surface area (Å²) in [5.74, 6) is -0.757. The molecule has 0 aromatic carbocycles. The van der Waals surface area contributed by atoms with Crippen molar-refractivity contribution < 1.29 is 9.90 Å². The predicted octanol–water partition coefficient (Wildman–Crippen LogP) is 0.987. The highest BCUT2D eigenvalue weighted by atomic mass is 16.4. The zero-order valence-corrected chi connectivity index (χ0v) is 7.66. The van der Waals surface area contributed by atoms with Crippen LogP contribution in [0.2, 0.25) is 0 Å². The maximum absolute atomic E-state index is 10.1. The topological polar surface area (TPSA) is 78.8 Å². The van der Waals surface area contributed by atoms with Crippen molar-refractivity contribution in [1.29, 1.82) is 0 Å².